The summed E-state index contributed by atoms with van der Waals surface area (Å²) < 4.78 is 27.2. The van der Waals surface area contributed by atoms with Crippen molar-refractivity contribution in [3.05, 3.63) is 28.1 Å². The van der Waals surface area contributed by atoms with Crippen molar-refractivity contribution in [1.29, 1.82) is 0 Å². The normalized spacial score (nSPS) is 12.6. The maximum absolute atomic E-state index is 12.2. The molecule has 2 aromatic heterocycles. The van der Waals surface area contributed by atoms with Gasteiger partial charge in [0.15, 0.2) is 5.13 Å². The van der Waals surface area contributed by atoms with Crippen molar-refractivity contribution < 1.29 is 8.42 Å². The summed E-state index contributed by atoms with van der Waals surface area (Å²) in [4.78, 5) is 5.16. The monoisotopic (exact) mass is 331 g/mol. The maximum atomic E-state index is 12.2. The molecule has 0 fully saturated rings. The minimum Gasteiger partial charge on any atom is -0.326 e. The zero-order valence-electron chi connectivity index (χ0n) is 11.5. The van der Waals surface area contributed by atoms with E-state index < -0.39 is 10.0 Å². The summed E-state index contributed by atoms with van der Waals surface area (Å²) in [5.41, 5.74) is 6.26. The highest BCUT2D eigenvalue weighted by Gasteiger charge is 2.21. The van der Waals surface area contributed by atoms with E-state index in [1.54, 1.807) is 12.1 Å². The first kappa shape index (κ1) is 15.4. The summed E-state index contributed by atoms with van der Waals surface area (Å²) in [6.07, 6.45) is 0. The predicted octanol–water partition coefficient (Wildman–Crippen LogP) is 2.76. The Bertz CT molecular complexity index is 696. The van der Waals surface area contributed by atoms with Crippen molar-refractivity contribution in [1.82, 2.24) is 4.98 Å². The number of aromatic nitrogens is 1. The molecule has 0 radical (unpaired) electrons. The van der Waals surface area contributed by atoms with E-state index in [1.807, 2.05) is 26.2 Å². The number of sulfonamides is 1. The summed E-state index contributed by atoms with van der Waals surface area (Å²) in [6.45, 7) is 6.44. The molecule has 2 aromatic rings. The van der Waals surface area contributed by atoms with E-state index in [2.05, 4.69) is 9.71 Å². The van der Waals surface area contributed by atoms with Gasteiger partial charge in [0.1, 0.15) is 4.21 Å². The Morgan fingerprint density at radius 3 is 2.55 bits per heavy atom. The number of nitrogens with two attached hydrogens (primary N) is 1. The molecule has 20 heavy (non-hydrogen) atoms. The van der Waals surface area contributed by atoms with E-state index in [-0.39, 0.29) is 9.62 Å². The summed E-state index contributed by atoms with van der Waals surface area (Å²) in [7, 11) is -3.57. The summed E-state index contributed by atoms with van der Waals surface area (Å²) in [5.74, 6) is 0. The van der Waals surface area contributed by atoms with Crippen molar-refractivity contribution in [2.24, 2.45) is 5.73 Å². The molecule has 0 saturated carbocycles. The number of rotatable bonds is 4. The highest BCUT2D eigenvalue weighted by molar-refractivity contribution is 7.94. The van der Waals surface area contributed by atoms with Crippen molar-refractivity contribution in [2.75, 3.05) is 4.72 Å². The molecule has 0 atom stereocenters. The van der Waals surface area contributed by atoms with Crippen molar-refractivity contribution >= 4 is 37.8 Å². The lowest BCUT2D eigenvalue weighted by Crippen LogP contribution is -2.14. The number of hydrogen-bond acceptors (Lipinski definition) is 6. The van der Waals surface area contributed by atoms with E-state index in [0.29, 0.717) is 11.7 Å². The van der Waals surface area contributed by atoms with Gasteiger partial charge in [0, 0.05) is 22.2 Å². The fourth-order valence-corrected chi connectivity index (χ4v) is 4.87. The number of nitrogens with zero attached hydrogens (tertiary/aromatic N) is 1. The summed E-state index contributed by atoms with van der Waals surface area (Å²) in [6, 6.07) is 3.29. The molecule has 2 rings (SSSR count). The zero-order chi connectivity index (χ0) is 15.0. The van der Waals surface area contributed by atoms with Gasteiger partial charge in [-0.15, -0.1) is 22.7 Å². The maximum Gasteiger partial charge on any atom is 0.273 e. The Morgan fingerprint density at radius 1 is 1.35 bits per heavy atom. The molecule has 110 valence electrons. The summed E-state index contributed by atoms with van der Waals surface area (Å²) in [5, 5.41) is 2.26. The molecule has 0 aliphatic rings. The second-order valence-electron chi connectivity index (χ2n) is 5.32. The lowest BCUT2D eigenvalue weighted by molar-refractivity contribution is 0.573. The second kappa shape index (κ2) is 5.44. The molecule has 5 nitrogen and oxygen atoms in total. The average Bonchev–Trinajstić information content (AvgIpc) is 2.95. The molecule has 0 bridgehead atoms. The topological polar surface area (TPSA) is 85.1 Å². The first-order chi connectivity index (χ1) is 9.22. The van der Waals surface area contributed by atoms with Gasteiger partial charge in [0.05, 0.1) is 5.69 Å². The van der Waals surface area contributed by atoms with Gasteiger partial charge in [-0.1, -0.05) is 20.8 Å². The molecule has 0 aromatic carbocycles. The van der Waals surface area contributed by atoms with Gasteiger partial charge in [0.25, 0.3) is 10.0 Å². The third-order valence-electron chi connectivity index (χ3n) is 2.60. The molecule has 0 aliphatic heterocycles. The second-order valence-corrected chi connectivity index (χ2v) is 9.25. The van der Waals surface area contributed by atoms with Crippen molar-refractivity contribution in [3.8, 4) is 0 Å². The quantitative estimate of drug-likeness (QED) is 0.902. The van der Waals surface area contributed by atoms with Crippen LogP contribution in [0.15, 0.2) is 21.7 Å². The van der Waals surface area contributed by atoms with E-state index in [1.165, 1.54) is 22.7 Å². The molecular weight excluding hydrogens is 314 g/mol. The largest absolute Gasteiger partial charge is 0.326 e. The summed E-state index contributed by atoms with van der Waals surface area (Å²) >= 11 is 2.46. The number of hydrogen-bond donors (Lipinski definition) is 2. The van der Waals surface area contributed by atoms with Crippen LogP contribution in [-0.4, -0.2) is 13.4 Å². The predicted molar refractivity (Wildman–Crippen MR) is 83.8 cm³/mol. The number of thiazole rings is 1. The fraction of sp³-hybridized carbons (Fsp3) is 0.417. The van der Waals surface area contributed by atoms with Gasteiger partial charge in [-0.2, -0.15) is 0 Å². The standard InChI is InChI=1S/C12H17N3O2S3/c1-12(2,3)9-7-18-11(14-9)15-20(16,17)10-5-4-8(6-13)19-10/h4-5,7H,6,13H2,1-3H3,(H,14,15). The molecule has 8 heteroatoms. The van der Waals surface area contributed by atoms with Gasteiger partial charge in [-0.05, 0) is 12.1 Å². The molecule has 0 saturated heterocycles. The molecule has 2 heterocycles. The first-order valence-corrected chi connectivity index (χ1v) is 9.18. The van der Waals surface area contributed by atoms with Gasteiger partial charge in [0.2, 0.25) is 0 Å². The Balaban J connectivity index is 2.22. The van der Waals surface area contributed by atoms with Crippen molar-refractivity contribution in [3.63, 3.8) is 0 Å². The van der Waals surface area contributed by atoms with Crippen LogP contribution in [0.2, 0.25) is 0 Å². The van der Waals surface area contributed by atoms with Crippen LogP contribution in [-0.2, 0) is 22.0 Å². The zero-order valence-corrected chi connectivity index (χ0v) is 14.0. The van der Waals surface area contributed by atoms with Gasteiger partial charge in [-0.3, -0.25) is 4.72 Å². The molecule has 3 N–H and O–H groups in total. The van der Waals surface area contributed by atoms with Crippen LogP contribution in [0.5, 0.6) is 0 Å². The minimum atomic E-state index is -3.57. The van der Waals surface area contributed by atoms with Gasteiger partial charge in [-0.25, -0.2) is 13.4 Å². The van der Waals surface area contributed by atoms with Crippen LogP contribution in [0, 0.1) is 0 Å². The Hall–Kier alpha value is -0.960. The molecule has 0 unspecified atom stereocenters. The van der Waals surface area contributed by atoms with Crippen LogP contribution >= 0.6 is 22.7 Å². The van der Waals surface area contributed by atoms with E-state index >= 15 is 0 Å². The Kier molecular flexibility index (Phi) is 4.19. The third-order valence-corrected chi connectivity index (χ3v) is 6.42. The minimum absolute atomic E-state index is 0.101. The number of anilines is 1. The highest BCUT2D eigenvalue weighted by atomic mass is 32.2. The molecule has 0 aliphatic carbocycles. The van der Waals surface area contributed by atoms with Gasteiger partial charge < -0.3 is 5.73 Å². The van der Waals surface area contributed by atoms with Crippen molar-refractivity contribution in [2.45, 2.75) is 36.9 Å². The Morgan fingerprint density at radius 2 is 2.05 bits per heavy atom. The van der Waals surface area contributed by atoms with E-state index in [9.17, 15) is 8.42 Å². The molecule has 0 amide bonds. The lowest BCUT2D eigenvalue weighted by atomic mass is 9.93. The third kappa shape index (κ3) is 3.38. The lowest BCUT2D eigenvalue weighted by Gasteiger charge is -2.14. The smallest absolute Gasteiger partial charge is 0.273 e. The molecule has 0 spiro atoms. The SMILES string of the molecule is CC(C)(C)c1csc(NS(=O)(=O)c2ccc(CN)s2)n1. The van der Waals surface area contributed by atoms with Gasteiger partial charge >= 0.3 is 0 Å². The Labute approximate surface area is 126 Å². The fourth-order valence-electron chi connectivity index (χ4n) is 1.44. The average molecular weight is 331 g/mol. The number of thiophene rings is 1. The van der Waals surface area contributed by atoms with Crippen LogP contribution in [0.25, 0.3) is 0 Å². The molecular formula is C12H17N3O2S3. The van der Waals surface area contributed by atoms with Crippen LogP contribution < -0.4 is 10.5 Å². The van der Waals surface area contributed by atoms with E-state index in [4.69, 9.17) is 5.73 Å². The van der Waals surface area contributed by atoms with Crippen LogP contribution in [0.4, 0.5) is 5.13 Å². The van der Waals surface area contributed by atoms with E-state index in [0.717, 1.165) is 10.6 Å². The highest BCUT2D eigenvalue weighted by Crippen LogP contribution is 2.29. The van der Waals surface area contributed by atoms with Crippen LogP contribution in [0.1, 0.15) is 31.3 Å². The van der Waals surface area contributed by atoms with Crippen LogP contribution in [0.3, 0.4) is 0 Å². The number of nitrogens with one attached hydrogen (secondary N) is 1. The first-order valence-electron chi connectivity index (χ1n) is 6.00.